The van der Waals surface area contributed by atoms with Crippen LogP contribution in [0.25, 0.3) is 0 Å². The van der Waals surface area contributed by atoms with E-state index < -0.39 is 11.5 Å². The molecule has 8 nitrogen and oxygen atoms in total. The van der Waals surface area contributed by atoms with Gasteiger partial charge in [-0.3, -0.25) is 9.59 Å². The minimum Gasteiger partial charge on any atom is -0.445 e. The summed E-state index contributed by atoms with van der Waals surface area (Å²) in [6.45, 7) is 5.99. The molecule has 0 atom stereocenters. The summed E-state index contributed by atoms with van der Waals surface area (Å²) in [5, 5.41) is 2.98. The maximum Gasteiger partial charge on any atom is 0.410 e. The molecule has 2 heterocycles. The Morgan fingerprint density at radius 1 is 1.04 bits per heavy atom. The Morgan fingerprint density at radius 2 is 1.56 bits per heavy atom. The number of carbonyl (C=O) groups excluding carboxylic acids is 3. The van der Waals surface area contributed by atoms with Crippen LogP contribution in [-0.4, -0.2) is 49.0 Å². The number of hydrogen-bond acceptors (Lipinski definition) is 5. The molecule has 3 amide bonds. The zero-order valence-electron chi connectivity index (χ0n) is 15.2. The van der Waals surface area contributed by atoms with E-state index in [9.17, 15) is 14.4 Å². The van der Waals surface area contributed by atoms with Crippen molar-refractivity contribution in [2.24, 2.45) is 22.3 Å². The molecule has 5 N–H and O–H groups in total. The number of nitrogens with two attached hydrogens (primary N) is 2. The molecule has 0 aromatic heterocycles. The van der Waals surface area contributed by atoms with Crippen molar-refractivity contribution >= 4 is 17.9 Å². The van der Waals surface area contributed by atoms with Gasteiger partial charge in [0.25, 0.3) is 0 Å². The number of carbonyl (C=O) groups is 3. The highest BCUT2D eigenvalue weighted by molar-refractivity contribution is 5.84. The van der Waals surface area contributed by atoms with Gasteiger partial charge < -0.3 is 26.4 Å². The van der Waals surface area contributed by atoms with Crippen LogP contribution in [0.15, 0.2) is 30.3 Å². The van der Waals surface area contributed by atoms with E-state index in [-0.39, 0.29) is 31.3 Å². The summed E-state index contributed by atoms with van der Waals surface area (Å²) in [5.74, 6) is -0.578. The Hall–Kier alpha value is -2.61. The predicted molar refractivity (Wildman–Crippen MR) is 102 cm³/mol. The van der Waals surface area contributed by atoms with E-state index in [1.54, 1.807) is 6.92 Å². The molecular formula is C19H30N4O4. The van der Waals surface area contributed by atoms with Crippen molar-refractivity contribution in [3.05, 3.63) is 35.9 Å². The average molecular weight is 378 g/mol. The van der Waals surface area contributed by atoms with Crippen LogP contribution < -0.4 is 16.8 Å². The fraction of sp³-hybridized carbons (Fsp3) is 0.526. The van der Waals surface area contributed by atoms with E-state index in [1.807, 2.05) is 37.3 Å². The quantitative estimate of drug-likeness (QED) is 0.715. The van der Waals surface area contributed by atoms with Crippen LogP contribution in [0.2, 0.25) is 0 Å². The van der Waals surface area contributed by atoms with E-state index >= 15 is 0 Å². The molecule has 2 fully saturated rings. The Bertz CT molecular complexity index is 668. The number of amides is 3. The minimum atomic E-state index is -0.605. The van der Waals surface area contributed by atoms with E-state index in [0.717, 1.165) is 18.7 Å². The molecule has 2 aliphatic rings. The highest BCUT2D eigenvalue weighted by Gasteiger charge is 2.46. The molecule has 8 heteroatoms. The van der Waals surface area contributed by atoms with Gasteiger partial charge in [0, 0.05) is 26.2 Å². The van der Waals surface area contributed by atoms with Crippen molar-refractivity contribution in [1.82, 2.24) is 10.2 Å². The van der Waals surface area contributed by atoms with Crippen LogP contribution in [0.3, 0.4) is 0 Å². The predicted octanol–water partition coefficient (Wildman–Crippen LogP) is 0.848. The molecular weight excluding hydrogens is 348 g/mol. The molecule has 0 unspecified atom stereocenters. The lowest BCUT2D eigenvalue weighted by atomic mass is 9.82. The molecule has 0 aliphatic carbocycles. The van der Waals surface area contributed by atoms with Crippen molar-refractivity contribution in [3.63, 3.8) is 0 Å². The summed E-state index contributed by atoms with van der Waals surface area (Å²) < 4.78 is 5.14. The number of ether oxygens (including phenoxy) is 1. The summed E-state index contributed by atoms with van der Waals surface area (Å²) in [6.07, 6.45) is -0.405. The molecule has 0 saturated carbocycles. The number of nitrogens with one attached hydrogen (secondary N) is 1. The molecule has 0 bridgehead atoms. The number of nitrogens with zero attached hydrogens (tertiary/aromatic N) is 1. The van der Waals surface area contributed by atoms with Gasteiger partial charge >= 0.3 is 6.09 Å². The standard InChI is InChI=1S/C13H16N2O3.C5H10N2O.CH4/c1-13(11(14)16)8-15(9-13)12(17)18-7-10-5-3-2-4-6-10;1-5(4(6)8)2-7-3-5;/h2-6H,7-9H2,1H3,(H2,14,16);7H,2-3H2,1H3,(H2,6,8);1H4. The number of likely N-dealkylation sites (tertiary alicyclic amines) is 1. The second-order valence-corrected chi connectivity index (χ2v) is 7.35. The number of rotatable bonds is 4. The largest absolute Gasteiger partial charge is 0.445 e. The first-order chi connectivity index (χ1) is 12.2. The third-order valence-electron chi connectivity index (χ3n) is 4.76. The highest BCUT2D eigenvalue weighted by atomic mass is 16.6. The first kappa shape index (κ1) is 22.4. The normalized spacial score (nSPS) is 18.4. The van der Waals surface area contributed by atoms with E-state index in [1.165, 1.54) is 4.90 Å². The molecule has 27 heavy (non-hydrogen) atoms. The maximum atomic E-state index is 11.7. The average Bonchev–Trinajstić information content (AvgIpc) is 2.55. The number of benzene rings is 1. The van der Waals surface area contributed by atoms with Gasteiger partial charge in [0.05, 0.1) is 10.8 Å². The van der Waals surface area contributed by atoms with Crippen LogP contribution in [0, 0.1) is 10.8 Å². The maximum absolute atomic E-state index is 11.7. The zero-order chi connectivity index (χ0) is 19.4. The van der Waals surface area contributed by atoms with E-state index in [0.29, 0.717) is 13.1 Å². The molecule has 0 radical (unpaired) electrons. The minimum absolute atomic E-state index is 0. The Labute approximate surface area is 160 Å². The summed E-state index contributed by atoms with van der Waals surface area (Å²) >= 11 is 0. The van der Waals surface area contributed by atoms with Crippen LogP contribution in [-0.2, 0) is 20.9 Å². The monoisotopic (exact) mass is 378 g/mol. The van der Waals surface area contributed by atoms with Crippen molar-refractivity contribution in [2.75, 3.05) is 26.2 Å². The van der Waals surface area contributed by atoms with Gasteiger partial charge in [0.1, 0.15) is 6.61 Å². The first-order valence-corrected chi connectivity index (χ1v) is 8.42. The van der Waals surface area contributed by atoms with Crippen LogP contribution in [0.4, 0.5) is 4.79 Å². The highest BCUT2D eigenvalue weighted by Crippen LogP contribution is 2.29. The summed E-state index contributed by atoms with van der Waals surface area (Å²) in [5.41, 5.74) is 10.4. The lowest BCUT2D eigenvalue weighted by Gasteiger charge is -2.44. The summed E-state index contributed by atoms with van der Waals surface area (Å²) in [7, 11) is 0. The van der Waals surface area contributed by atoms with Gasteiger partial charge in [-0.15, -0.1) is 0 Å². The molecule has 0 spiro atoms. The van der Waals surface area contributed by atoms with Gasteiger partial charge in [0.15, 0.2) is 0 Å². The Morgan fingerprint density at radius 3 is 1.93 bits per heavy atom. The number of hydrogen-bond donors (Lipinski definition) is 3. The van der Waals surface area contributed by atoms with Crippen LogP contribution in [0.1, 0.15) is 26.8 Å². The fourth-order valence-corrected chi connectivity index (χ4v) is 2.57. The van der Waals surface area contributed by atoms with Gasteiger partial charge in [-0.2, -0.15) is 0 Å². The van der Waals surface area contributed by atoms with Crippen LogP contribution >= 0.6 is 0 Å². The summed E-state index contributed by atoms with van der Waals surface area (Å²) in [6, 6.07) is 9.45. The van der Waals surface area contributed by atoms with Gasteiger partial charge in [-0.1, -0.05) is 37.8 Å². The topological polar surface area (TPSA) is 128 Å². The lowest BCUT2D eigenvalue weighted by Crippen LogP contribution is -2.62. The molecule has 3 rings (SSSR count). The first-order valence-electron chi connectivity index (χ1n) is 8.42. The molecule has 2 aliphatic heterocycles. The van der Waals surface area contributed by atoms with Gasteiger partial charge in [-0.05, 0) is 19.4 Å². The second-order valence-electron chi connectivity index (χ2n) is 7.35. The van der Waals surface area contributed by atoms with Crippen LogP contribution in [0.5, 0.6) is 0 Å². The zero-order valence-corrected chi connectivity index (χ0v) is 15.2. The van der Waals surface area contributed by atoms with Crippen molar-refractivity contribution in [1.29, 1.82) is 0 Å². The lowest BCUT2D eigenvalue weighted by molar-refractivity contribution is -0.134. The molecule has 150 valence electrons. The third-order valence-corrected chi connectivity index (χ3v) is 4.76. The molecule has 1 aromatic carbocycles. The molecule has 1 aromatic rings. The Balaban J connectivity index is 0.000000342. The summed E-state index contributed by atoms with van der Waals surface area (Å²) in [4.78, 5) is 34.7. The fourth-order valence-electron chi connectivity index (χ4n) is 2.57. The Kier molecular flexibility index (Phi) is 7.36. The number of primary amides is 2. The van der Waals surface area contributed by atoms with Gasteiger partial charge in [0.2, 0.25) is 11.8 Å². The smallest absolute Gasteiger partial charge is 0.410 e. The van der Waals surface area contributed by atoms with E-state index in [4.69, 9.17) is 16.2 Å². The van der Waals surface area contributed by atoms with E-state index in [2.05, 4.69) is 5.32 Å². The second kappa shape index (κ2) is 8.85. The van der Waals surface area contributed by atoms with Crippen molar-refractivity contribution in [2.45, 2.75) is 27.9 Å². The van der Waals surface area contributed by atoms with Gasteiger partial charge in [-0.25, -0.2) is 4.79 Å². The third kappa shape index (κ3) is 5.43. The van der Waals surface area contributed by atoms with Crippen molar-refractivity contribution < 1.29 is 19.1 Å². The SMILES string of the molecule is C.CC1(C(N)=O)CN(C(=O)OCc2ccccc2)C1.CC1(C(N)=O)CNC1. The van der Waals surface area contributed by atoms with Crippen molar-refractivity contribution in [3.8, 4) is 0 Å². The molecule has 2 saturated heterocycles.